The zero-order valence-electron chi connectivity index (χ0n) is 17.4. The Morgan fingerprint density at radius 1 is 1.23 bits per heavy atom. The first-order valence-electron chi connectivity index (χ1n) is 10.5. The normalized spacial score (nSPS) is 15.9. The van der Waals surface area contributed by atoms with E-state index in [2.05, 4.69) is 14.8 Å². The summed E-state index contributed by atoms with van der Waals surface area (Å²) in [5.41, 5.74) is 4.23. The maximum absolute atomic E-state index is 12.8. The number of benzene rings is 1. The Hall–Kier alpha value is -3.16. The lowest BCUT2D eigenvalue weighted by Gasteiger charge is -2.27. The van der Waals surface area contributed by atoms with Crippen molar-refractivity contribution >= 4 is 5.91 Å². The van der Waals surface area contributed by atoms with Crippen LogP contribution in [-0.2, 0) is 31.4 Å². The zero-order chi connectivity index (χ0) is 20.7. The Bertz CT molecular complexity index is 1060. The number of rotatable bonds is 6. The van der Waals surface area contributed by atoms with Gasteiger partial charge in [0.2, 0.25) is 0 Å². The summed E-state index contributed by atoms with van der Waals surface area (Å²) in [6.45, 7) is 4.17. The van der Waals surface area contributed by atoms with Crippen molar-refractivity contribution in [1.82, 2.24) is 29.4 Å². The predicted octanol–water partition coefficient (Wildman–Crippen LogP) is 2.36. The molecule has 0 atom stereocenters. The standard InChI is InChI=1S/C22H26N6O2/c1-15-3-7-17(8-4-15)30-13-20(29)27-10-9-19-18(12-27)21(25-26(19)2)22-24-23-14-28(22)11-16-5-6-16/h3-4,7-8,14,16H,5-6,9-13H2,1-2H3. The van der Waals surface area contributed by atoms with E-state index in [1.165, 1.54) is 12.8 Å². The van der Waals surface area contributed by atoms with Crippen LogP contribution in [0.15, 0.2) is 30.6 Å². The van der Waals surface area contributed by atoms with E-state index in [1.807, 2.05) is 47.8 Å². The first-order valence-corrected chi connectivity index (χ1v) is 10.5. The summed E-state index contributed by atoms with van der Waals surface area (Å²) in [5, 5.41) is 13.2. The number of hydrogen-bond donors (Lipinski definition) is 0. The minimum absolute atomic E-state index is 0.0181. The molecular weight excluding hydrogens is 380 g/mol. The van der Waals surface area contributed by atoms with Crippen LogP contribution in [0, 0.1) is 12.8 Å². The molecule has 1 saturated carbocycles. The molecule has 156 valence electrons. The van der Waals surface area contributed by atoms with E-state index in [0.717, 1.165) is 47.2 Å². The highest BCUT2D eigenvalue weighted by atomic mass is 16.5. The van der Waals surface area contributed by atoms with Gasteiger partial charge in [-0.2, -0.15) is 5.10 Å². The van der Waals surface area contributed by atoms with Gasteiger partial charge >= 0.3 is 0 Å². The van der Waals surface area contributed by atoms with Crippen molar-refractivity contribution in [2.45, 2.75) is 39.3 Å². The van der Waals surface area contributed by atoms with Crippen molar-refractivity contribution in [1.29, 1.82) is 0 Å². The van der Waals surface area contributed by atoms with Crippen LogP contribution in [0.5, 0.6) is 5.75 Å². The third kappa shape index (κ3) is 3.69. The van der Waals surface area contributed by atoms with Crippen LogP contribution in [0.4, 0.5) is 0 Å². The van der Waals surface area contributed by atoms with Crippen LogP contribution >= 0.6 is 0 Å². The van der Waals surface area contributed by atoms with E-state index in [0.29, 0.717) is 18.8 Å². The summed E-state index contributed by atoms with van der Waals surface area (Å²) in [7, 11) is 1.96. The van der Waals surface area contributed by atoms with Gasteiger partial charge in [-0.25, -0.2) is 0 Å². The molecule has 30 heavy (non-hydrogen) atoms. The average Bonchev–Trinajstić information content (AvgIpc) is 3.35. The molecule has 2 aliphatic rings. The molecule has 8 nitrogen and oxygen atoms in total. The highest BCUT2D eigenvalue weighted by Crippen LogP contribution is 2.33. The van der Waals surface area contributed by atoms with Crippen molar-refractivity contribution in [3.05, 3.63) is 47.4 Å². The first-order chi connectivity index (χ1) is 14.6. The second kappa shape index (κ2) is 7.59. The largest absolute Gasteiger partial charge is 0.484 e. The molecule has 0 N–H and O–H groups in total. The quantitative estimate of drug-likeness (QED) is 0.628. The molecule has 8 heteroatoms. The summed E-state index contributed by atoms with van der Waals surface area (Å²) in [6, 6.07) is 7.74. The van der Waals surface area contributed by atoms with Gasteiger partial charge in [0.25, 0.3) is 5.91 Å². The van der Waals surface area contributed by atoms with E-state index in [4.69, 9.17) is 9.84 Å². The van der Waals surface area contributed by atoms with Crippen LogP contribution in [0.1, 0.15) is 29.7 Å². The van der Waals surface area contributed by atoms with E-state index < -0.39 is 0 Å². The number of hydrogen-bond acceptors (Lipinski definition) is 5. The number of fused-ring (bicyclic) bond motifs is 1. The number of aromatic nitrogens is 5. The molecule has 3 aromatic rings. The second-order valence-electron chi connectivity index (χ2n) is 8.31. The lowest BCUT2D eigenvalue weighted by atomic mass is 10.0. The van der Waals surface area contributed by atoms with Gasteiger partial charge in [-0.3, -0.25) is 9.48 Å². The van der Waals surface area contributed by atoms with Crippen molar-refractivity contribution in [2.75, 3.05) is 13.2 Å². The summed E-state index contributed by atoms with van der Waals surface area (Å²) in [6.07, 6.45) is 5.09. The summed E-state index contributed by atoms with van der Waals surface area (Å²) in [5.74, 6) is 2.21. The van der Waals surface area contributed by atoms with Crippen molar-refractivity contribution < 1.29 is 9.53 Å². The van der Waals surface area contributed by atoms with Crippen LogP contribution in [0.25, 0.3) is 11.5 Å². The van der Waals surface area contributed by atoms with Gasteiger partial charge < -0.3 is 14.2 Å². The van der Waals surface area contributed by atoms with E-state index in [1.54, 1.807) is 6.33 Å². The van der Waals surface area contributed by atoms with E-state index in [9.17, 15) is 4.79 Å². The summed E-state index contributed by atoms with van der Waals surface area (Å²) >= 11 is 0. The molecule has 0 unspecified atom stereocenters. The lowest BCUT2D eigenvalue weighted by molar-refractivity contribution is -0.134. The summed E-state index contributed by atoms with van der Waals surface area (Å²) in [4.78, 5) is 14.7. The van der Waals surface area contributed by atoms with Gasteiger partial charge in [0.1, 0.15) is 17.8 Å². The fraction of sp³-hybridized carbons (Fsp3) is 0.455. The molecule has 0 spiro atoms. The molecule has 1 aliphatic carbocycles. The van der Waals surface area contributed by atoms with Crippen LogP contribution in [-0.4, -0.2) is 48.5 Å². The number of amides is 1. The Kier molecular flexibility index (Phi) is 4.77. The van der Waals surface area contributed by atoms with Gasteiger partial charge in [0.05, 0.1) is 0 Å². The maximum atomic E-state index is 12.8. The molecule has 0 saturated heterocycles. The third-order valence-electron chi connectivity index (χ3n) is 5.96. The Morgan fingerprint density at radius 3 is 2.80 bits per heavy atom. The Balaban J connectivity index is 1.32. The molecule has 0 bridgehead atoms. The fourth-order valence-electron chi connectivity index (χ4n) is 4.01. The smallest absolute Gasteiger partial charge is 0.260 e. The second-order valence-corrected chi connectivity index (χ2v) is 8.31. The molecule has 1 amide bonds. The van der Waals surface area contributed by atoms with E-state index >= 15 is 0 Å². The fourth-order valence-corrected chi connectivity index (χ4v) is 4.01. The van der Waals surface area contributed by atoms with Gasteiger partial charge in [-0.15, -0.1) is 10.2 Å². The number of ether oxygens (including phenoxy) is 1. The topological polar surface area (TPSA) is 78.1 Å². The number of nitrogens with zero attached hydrogens (tertiary/aromatic N) is 6. The Morgan fingerprint density at radius 2 is 2.03 bits per heavy atom. The average molecular weight is 406 g/mol. The van der Waals surface area contributed by atoms with Gasteiger partial charge in [0.15, 0.2) is 12.4 Å². The molecule has 1 fully saturated rings. The molecule has 3 heterocycles. The minimum Gasteiger partial charge on any atom is -0.484 e. The van der Waals surface area contributed by atoms with Crippen molar-refractivity contribution in [3.63, 3.8) is 0 Å². The van der Waals surface area contributed by atoms with Crippen LogP contribution < -0.4 is 4.74 Å². The van der Waals surface area contributed by atoms with Crippen LogP contribution in [0.3, 0.4) is 0 Å². The van der Waals surface area contributed by atoms with Crippen LogP contribution in [0.2, 0.25) is 0 Å². The predicted molar refractivity (Wildman–Crippen MR) is 111 cm³/mol. The minimum atomic E-state index is -0.0181. The van der Waals surface area contributed by atoms with Crippen molar-refractivity contribution in [2.24, 2.45) is 13.0 Å². The number of carbonyl (C=O) groups excluding carboxylic acids is 1. The molecular formula is C22H26N6O2. The SMILES string of the molecule is Cc1ccc(OCC(=O)N2CCc3c(c(-c4nncn4CC4CC4)nn3C)C2)cc1. The lowest BCUT2D eigenvalue weighted by Crippen LogP contribution is -2.39. The van der Waals surface area contributed by atoms with Gasteiger partial charge in [-0.05, 0) is 37.8 Å². The van der Waals surface area contributed by atoms with Gasteiger partial charge in [0, 0.05) is 44.4 Å². The van der Waals surface area contributed by atoms with Gasteiger partial charge in [-0.1, -0.05) is 17.7 Å². The van der Waals surface area contributed by atoms with E-state index in [-0.39, 0.29) is 12.5 Å². The summed E-state index contributed by atoms with van der Waals surface area (Å²) < 4.78 is 9.72. The maximum Gasteiger partial charge on any atom is 0.260 e. The molecule has 1 aliphatic heterocycles. The Labute approximate surface area is 175 Å². The zero-order valence-corrected chi connectivity index (χ0v) is 17.4. The highest BCUT2D eigenvalue weighted by Gasteiger charge is 2.30. The first kappa shape index (κ1) is 18.8. The monoisotopic (exact) mass is 406 g/mol. The number of aryl methyl sites for hydroxylation is 2. The third-order valence-corrected chi connectivity index (χ3v) is 5.96. The highest BCUT2D eigenvalue weighted by molar-refractivity contribution is 5.78. The van der Waals surface area contributed by atoms with Crippen molar-refractivity contribution in [3.8, 4) is 17.3 Å². The molecule has 1 aromatic carbocycles. The molecule has 0 radical (unpaired) electrons. The molecule has 2 aromatic heterocycles. The number of carbonyl (C=O) groups is 1. The molecule has 5 rings (SSSR count).